The number of hydrogen-bond acceptors (Lipinski definition) is 4. The Morgan fingerprint density at radius 1 is 1.45 bits per heavy atom. The number of aliphatic hydroxyl groups excluding tert-OH is 1. The van der Waals surface area contributed by atoms with E-state index in [1.807, 2.05) is 0 Å². The van der Waals surface area contributed by atoms with E-state index in [-0.39, 0.29) is 30.8 Å². The number of aliphatic hydroxyl groups is 1. The van der Waals surface area contributed by atoms with Gasteiger partial charge >= 0.3 is 5.69 Å². The van der Waals surface area contributed by atoms with E-state index >= 15 is 0 Å². The fraction of sp³-hybridized carbons (Fsp3) is 0.462. The van der Waals surface area contributed by atoms with Gasteiger partial charge in [-0.05, 0) is 25.0 Å². The molecular weight excluding hydrogens is 260 g/mol. The van der Waals surface area contributed by atoms with Gasteiger partial charge in [-0.2, -0.15) is 0 Å². The van der Waals surface area contributed by atoms with Crippen molar-refractivity contribution >= 4 is 11.6 Å². The molecule has 7 nitrogen and oxygen atoms in total. The van der Waals surface area contributed by atoms with Gasteiger partial charge < -0.3 is 10.0 Å². The molecule has 7 heteroatoms. The van der Waals surface area contributed by atoms with E-state index in [0.29, 0.717) is 12.2 Å². The number of rotatable bonds is 3. The lowest BCUT2D eigenvalue weighted by molar-refractivity contribution is -0.133. The Labute approximate surface area is 115 Å². The standard InChI is InChI=1S/C13H16N4O3/c18-9-10-4-3-7-15(10)12(19)8-17-13(20)16-6-2-1-5-11(16)14-17/h1-2,5-6,10,18H,3-4,7-9H2. The second kappa shape index (κ2) is 5.09. The molecule has 1 aliphatic rings. The first kappa shape index (κ1) is 12.9. The first-order chi connectivity index (χ1) is 9.70. The second-order valence-corrected chi connectivity index (χ2v) is 4.93. The van der Waals surface area contributed by atoms with Gasteiger partial charge in [-0.1, -0.05) is 6.07 Å². The van der Waals surface area contributed by atoms with Crippen molar-refractivity contribution in [1.82, 2.24) is 19.1 Å². The number of amides is 1. The Bertz CT molecular complexity index is 690. The molecule has 0 bridgehead atoms. The van der Waals surface area contributed by atoms with Crippen LogP contribution >= 0.6 is 0 Å². The fourth-order valence-electron chi connectivity index (χ4n) is 2.64. The predicted octanol–water partition coefficient (Wildman–Crippen LogP) is -0.521. The molecule has 2 aromatic rings. The van der Waals surface area contributed by atoms with Crippen molar-refractivity contribution in [3.63, 3.8) is 0 Å². The van der Waals surface area contributed by atoms with E-state index in [2.05, 4.69) is 5.10 Å². The summed E-state index contributed by atoms with van der Waals surface area (Å²) in [6.07, 6.45) is 3.32. The zero-order valence-electron chi connectivity index (χ0n) is 11.0. The van der Waals surface area contributed by atoms with Gasteiger partial charge in [0.1, 0.15) is 6.54 Å². The molecule has 1 unspecified atom stereocenters. The summed E-state index contributed by atoms with van der Waals surface area (Å²) in [6, 6.07) is 5.12. The highest BCUT2D eigenvalue weighted by molar-refractivity contribution is 5.76. The molecule has 0 aliphatic carbocycles. The summed E-state index contributed by atoms with van der Waals surface area (Å²) in [5.41, 5.74) is 0.194. The van der Waals surface area contributed by atoms with Crippen LogP contribution in [0, 0.1) is 0 Å². The van der Waals surface area contributed by atoms with Crippen LogP contribution in [-0.4, -0.2) is 49.3 Å². The minimum absolute atomic E-state index is 0.0359. The minimum atomic E-state index is -0.325. The summed E-state index contributed by atoms with van der Waals surface area (Å²) in [7, 11) is 0. The van der Waals surface area contributed by atoms with Gasteiger partial charge in [0, 0.05) is 12.7 Å². The number of aromatic nitrogens is 3. The lowest BCUT2D eigenvalue weighted by Gasteiger charge is -2.22. The van der Waals surface area contributed by atoms with Gasteiger partial charge in [0.15, 0.2) is 5.65 Å². The lowest BCUT2D eigenvalue weighted by atomic mass is 10.2. The first-order valence-electron chi connectivity index (χ1n) is 6.65. The number of carbonyl (C=O) groups excluding carboxylic acids is 1. The third-order valence-corrected chi connectivity index (χ3v) is 3.68. The molecule has 3 rings (SSSR count). The topological polar surface area (TPSA) is 79.8 Å². The molecule has 3 heterocycles. The van der Waals surface area contributed by atoms with Crippen LogP contribution in [0.2, 0.25) is 0 Å². The predicted molar refractivity (Wildman–Crippen MR) is 71.3 cm³/mol. The summed E-state index contributed by atoms with van der Waals surface area (Å²) >= 11 is 0. The average Bonchev–Trinajstić information content (AvgIpc) is 3.05. The average molecular weight is 276 g/mol. The van der Waals surface area contributed by atoms with Crippen molar-refractivity contribution in [3.8, 4) is 0 Å². The maximum atomic E-state index is 12.2. The Morgan fingerprint density at radius 3 is 3.05 bits per heavy atom. The fourth-order valence-corrected chi connectivity index (χ4v) is 2.64. The van der Waals surface area contributed by atoms with Crippen molar-refractivity contribution in [1.29, 1.82) is 0 Å². The van der Waals surface area contributed by atoms with Crippen LogP contribution in [0.15, 0.2) is 29.2 Å². The molecule has 0 aromatic carbocycles. The van der Waals surface area contributed by atoms with Crippen LogP contribution in [0.25, 0.3) is 5.65 Å². The molecule has 1 atom stereocenters. The highest BCUT2D eigenvalue weighted by Gasteiger charge is 2.28. The first-order valence-corrected chi connectivity index (χ1v) is 6.65. The maximum absolute atomic E-state index is 12.2. The van der Waals surface area contributed by atoms with E-state index < -0.39 is 0 Å². The lowest BCUT2D eigenvalue weighted by Crippen LogP contribution is -2.41. The number of pyridine rings is 1. The van der Waals surface area contributed by atoms with Crippen LogP contribution in [0.4, 0.5) is 0 Å². The molecule has 1 saturated heterocycles. The number of nitrogens with zero attached hydrogens (tertiary/aromatic N) is 4. The highest BCUT2D eigenvalue weighted by Crippen LogP contribution is 2.16. The van der Waals surface area contributed by atoms with Crippen molar-refractivity contribution in [3.05, 3.63) is 34.9 Å². The zero-order valence-corrected chi connectivity index (χ0v) is 11.0. The third-order valence-electron chi connectivity index (χ3n) is 3.68. The van der Waals surface area contributed by atoms with Gasteiger partial charge in [-0.25, -0.2) is 9.48 Å². The van der Waals surface area contributed by atoms with Crippen LogP contribution in [0.3, 0.4) is 0 Å². The highest BCUT2D eigenvalue weighted by atomic mass is 16.3. The second-order valence-electron chi connectivity index (χ2n) is 4.93. The Kier molecular flexibility index (Phi) is 3.27. The third kappa shape index (κ3) is 2.09. The van der Waals surface area contributed by atoms with Crippen molar-refractivity contribution < 1.29 is 9.90 Å². The van der Waals surface area contributed by atoms with E-state index in [0.717, 1.165) is 12.8 Å². The van der Waals surface area contributed by atoms with E-state index in [1.54, 1.807) is 29.3 Å². The number of hydrogen-bond donors (Lipinski definition) is 1. The molecule has 0 spiro atoms. The van der Waals surface area contributed by atoms with Crippen LogP contribution in [-0.2, 0) is 11.3 Å². The normalized spacial score (nSPS) is 18.9. The molecule has 106 valence electrons. The Balaban J connectivity index is 1.84. The minimum Gasteiger partial charge on any atom is -0.394 e. The Hall–Kier alpha value is -2.15. The number of fused-ring (bicyclic) bond motifs is 1. The van der Waals surface area contributed by atoms with Gasteiger partial charge in [-0.15, -0.1) is 5.10 Å². The molecule has 2 aromatic heterocycles. The molecule has 1 N–H and O–H groups in total. The number of carbonyl (C=O) groups is 1. The molecule has 1 fully saturated rings. The smallest absolute Gasteiger partial charge is 0.350 e. The van der Waals surface area contributed by atoms with Gasteiger partial charge in [-0.3, -0.25) is 9.20 Å². The molecule has 1 amide bonds. The summed E-state index contributed by atoms with van der Waals surface area (Å²) in [5.74, 6) is -0.174. The summed E-state index contributed by atoms with van der Waals surface area (Å²) in [5, 5.41) is 13.4. The maximum Gasteiger partial charge on any atom is 0.350 e. The zero-order chi connectivity index (χ0) is 14.1. The van der Waals surface area contributed by atoms with E-state index in [1.165, 1.54) is 9.08 Å². The van der Waals surface area contributed by atoms with Crippen molar-refractivity contribution in [2.75, 3.05) is 13.2 Å². The SMILES string of the molecule is O=C(Cn1nc2ccccn2c1=O)N1CCCC1CO. The molecular formula is C13H16N4O3. The largest absolute Gasteiger partial charge is 0.394 e. The molecule has 0 saturated carbocycles. The van der Waals surface area contributed by atoms with Crippen molar-refractivity contribution in [2.24, 2.45) is 0 Å². The molecule has 1 aliphatic heterocycles. The van der Waals surface area contributed by atoms with E-state index in [4.69, 9.17) is 0 Å². The van der Waals surface area contributed by atoms with Gasteiger partial charge in [0.25, 0.3) is 0 Å². The number of likely N-dealkylation sites (tertiary alicyclic amines) is 1. The summed E-state index contributed by atoms with van der Waals surface area (Å²) in [4.78, 5) is 25.9. The van der Waals surface area contributed by atoms with Crippen LogP contribution in [0.5, 0.6) is 0 Å². The van der Waals surface area contributed by atoms with E-state index in [9.17, 15) is 14.7 Å². The quantitative estimate of drug-likeness (QED) is 0.818. The molecule has 0 radical (unpaired) electrons. The van der Waals surface area contributed by atoms with Crippen LogP contribution < -0.4 is 5.69 Å². The summed E-state index contributed by atoms with van der Waals surface area (Å²) < 4.78 is 2.57. The van der Waals surface area contributed by atoms with Gasteiger partial charge in [0.2, 0.25) is 5.91 Å². The Morgan fingerprint density at radius 2 is 2.30 bits per heavy atom. The van der Waals surface area contributed by atoms with Crippen molar-refractivity contribution in [2.45, 2.75) is 25.4 Å². The van der Waals surface area contributed by atoms with Gasteiger partial charge in [0.05, 0.1) is 12.6 Å². The van der Waals surface area contributed by atoms with Crippen LogP contribution in [0.1, 0.15) is 12.8 Å². The summed E-state index contributed by atoms with van der Waals surface area (Å²) in [6.45, 7) is 0.509. The monoisotopic (exact) mass is 276 g/mol. The molecule has 20 heavy (non-hydrogen) atoms.